The maximum absolute atomic E-state index is 13.2. The molecule has 8 heteroatoms. The van der Waals surface area contributed by atoms with Gasteiger partial charge in [0.2, 0.25) is 0 Å². The molecule has 2 atom stereocenters. The molecule has 1 saturated heterocycles. The van der Waals surface area contributed by atoms with Gasteiger partial charge >= 0.3 is 0 Å². The van der Waals surface area contributed by atoms with Gasteiger partial charge in [0.25, 0.3) is 11.8 Å². The van der Waals surface area contributed by atoms with Gasteiger partial charge in [-0.15, -0.1) is 0 Å². The largest absolute Gasteiger partial charge is 0.467 e. The molecule has 2 aromatic heterocycles. The van der Waals surface area contributed by atoms with Crippen molar-refractivity contribution in [2.45, 2.75) is 51.6 Å². The number of nitrogens with one attached hydrogen (secondary N) is 1. The summed E-state index contributed by atoms with van der Waals surface area (Å²) < 4.78 is 11.1. The molecule has 0 saturated carbocycles. The zero-order valence-corrected chi connectivity index (χ0v) is 20.1. The lowest BCUT2D eigenvalue weighted by atomic mass is 10.0. The maximum Gasteiger partial charge on any atom is 0.262 e. The fourth-order valence-electron chi connectivity index (χ4n) is 4.85. The highest BCUT2D eigenvalue weighted by molar-refractivity contribution is 6.01. The second-order valence-corrected chi connectivity index (χ2v) is 9.22. The highest BCUT2D eigenvalue weighted by atomic mass is 16.3. The minimum Gasteiger partial charge on any atom is -0.467 e. The van der Waals surface area contributed by atoms with Crippen LogP contribution in [0, 0.1) is 6.92 Å². The normalized spacial score (nSPS) is 20.1. The van der Waals surface area contributed by atoms with Gasteiger partial charge in [-0.2, -0.15) is 5.10 Å². The fraction of sp³-hybridized carbons (Fsp3) is 0.370. The van der Waals surface area contributed by atoms with E-state index in [2.05, 4.69) is 17.3 Å². The third-order valence-electron chi connectivity index (χ3n) is 6.81. The first-order valence-electron chi connectivity index (χ1n) is 12.1. The fourth-order valence-corrected chi connectivity index (χ4v) is 4.85. The smallest absolute Gasteiger partial charge is 0.262 e. The number of rotatable bonds is 6. The highest BCUT2D eigenvalue weighted by Crippen LogP contribution is 2.33. The molecule has 35 heavy (non-hydrogen) atoms. The minimum atomic E-state index is -0.327. The zero-order chi connectivity index (χ0) is 24.4. The van der Waals surface area contributed by atoms with Crippen LogP contribution in [0.2, 0.25) is 0 Å². The van der Waals surface area contributed by atoms with Gasteiger partial charge in [0.1, 0.15) is 23.3 Å². The van der Waals surface area contributed by atoms with E-state index in [1.807, 2.05) is 42.2 Å². The molecular weight excluding hydrogens is 444 g/mol. The summed E-state index contributed by atoms with van der Waals surface area (Å²) in [6, 6.07) is 12.8. The molecular formula is C27H30N4O4. The summed E-state index contributed by atoms with van der Waals surface area (Å²) in [5, 5.41) is 9.24. The average Bonchev–Trinajstić information content (AvgIpc) is 3.64. The molecule has 1 fully saturated rings. The van der Waals surface area contributed by atoms with E-state index in [-0.39, 0.29) is 30.4 Å². The van der Waals surface area contributed by atoms with Gasteiger partial charge in [-0.05, 0) is 81.1 Å². The van der Waals surface area contributed by atoms with Gasteiger partial charge in [-0.1, -0.05) is 0 Å². The second kappa shape index (κ2) is 9.82. The third kappa shape index (κ3) is 4.73. The van der Waals surface area contributed by atoms with Crippen molar-refractivity contribution in [3.8, 4) is 0 Å². The quantitative estimate of drug-likeness (QED) is 0.544. The number of likely N-dealkylation sites (tertiary alicyclic amines) is 1. The van der Waals surface area contributed by atoms with E-state index < -0.39 is 0 Å². The Labute approximate surface area is 204 Å². The molecule has 2 unspecified atom stereocenters. The van der Waals surface area contributed by atoms with Gasteiger partial charge in [-0.3, -0.25) is 9.59 Å². The van der Waals surface area contributed by atoms with Crippen molar-refractivity contribution in [3.63, 3.8) is 0 Å². The molecule has 4 heterocycles. The molecule has 2 amide bonds. The molecule has 182 valence electrons. The number of piperidine rings is 1. The number of benzene rings is 1. The number of carbonyl (C=O) groups excluding carboxylic acids is 2. The van der Waals surface area contributed by atoms with E-state index in [0.717, 1.165) is 30.6 Å². The first-order valence-corrected chi connectivity index (χ1v) is 12.1. The zero-order valence-electron chi connectivity index (χ0n) is 20.1. The number of hydrogen-bond acceptors (Lipinski definition) is 6. The summed E-state index contributed by atoms with van der Waals surface area (Å²) in [5.41, 5.74) is 3.11. The molecule has 0 spiro atoms. The van der Waals surface area contributed by atoms with Crippen molar-refractivity contribution in [3.05, 3.63) is 77.6 Å². The van der Waals surface area contributed by atoms with Crippen molar-refractivity contribution in [2.75, 3.05) is 18.4 Å². The topological polar surface area (TPSA) is 91.3 Å². The molecule has 5 rings (SSSR count). The first-order chi connectivity index (χ1) is 17.0. The van der Waals surface area contributed by atoms with Crippen LogP contribution in [0.3, 0.4) is 0 Å². The summed E-state index contributed by atoms with van der Waals surface area (Å²) in [7, 11) is 0. The molecule has 0 aliphatic carbocycles. The number of furan rings is 2. The summed E-state index contributed by atoms with van der Waals surface area (Å²) in [6.45, 7) is 4.92. The van der Waals surface area contributed by atoms with Gasteiger partial charge in [0, 0.05) is 30.3 Å². The van der Waals surface area contributed by atoms with Crippen molar-refractivity contribution in [2.24, 2.45) is 5.10 Å². The van der Waals surface area contributed by atoms with Crippen molar-refractivity contribution in [1.82, 2.24) is 9.91 Å². The number of anilines is 1. The lowest BCUT2D eigenvalue weighted by Crippen LogP contribution is -2.42. The molecule has 0 bridgehead atoms. The number of aryl methyl sites for hydroxylation is 1. The Balaban J connectivity index is 1.28. The van der Waals surface area contributed by atoms with Gasteiger partial charge < -0.3 is 19.1 Å². The number of nitrogens with zero attached hydrogens (tertiary/aromatic N) is 3. The average molecular weight is 475 g/mol. The SMILES string of the molecule is Cc1cc(C(=O)N2CCCCC2C)ccc1NCC(=O)N1N=C(c2ccco2)CC1c1ccco1. The molecule has 2 aliphatic rings. The van der Waals surface area contributed by atoms with Crippen LogP contribution in [0.1, 0.15) is 66.1 Å². The summed E-state index contributed by atoms with van der Waals surface area (Å²) >= 11 is 0. The Morgan fingerprint density at radius 2 is 1.94 bits per heavy atom. The number of hydrazone groups is 1. The Kier molecular flexibility index (Phi) is 6.44. The second-order valence-electron chi connectivity index (χ2n) is 9.22. The van der Waals surface area contributed by atoms with Gasteiger partial charge in [0.05, 0.1) is 19.1 Å². The van der Waals surface area contributed by atoms with Crippen LogP contribution in [-0.4, -0.2) is 46.6 Å². The van der Waals surface area contributed by atoms with Crippen molar-refractivity contribution in [1.29, 1.82) is 0 Å². The van der Waals surface area contributed by atoms with Crippen LogP contribution in [0.15, 0.2) is 68.9 Å². The highest BCUT2D eigenvalue weighted by Gasteiger charge is 2.35. The minimum absolute atomic E-state index is 0.0590. The summed E-state index contributed by atoms with van der Waals surface area (Å²) in [4.78, 5) is 28.2. The predicted molar refractivity (Wildman–Crippen MR) is 132 cm³/mol. The van der Waals surface area contributed by atoms with Gasteiger partial charge in [0.15, 0.2) is 0 Å². The lowest BCUT2D eigenvalue weighted by molar-refractivity contribution is -0.131. The van der Waals surface area contributed by atoms with E-state index in [1.165, 1.54) is 11.4 Å². The van der Waals surface area contributed by atoms with Crippen LogP contribution in [0.5, 0.6) is 0 Å². The number of carbonyl (C=O) groups is 2. The standard InChI is InChI=1S/C27H30N4O4/c1-18-15-20(27(33)30-12-4-3-7-19(30)2)10-11-21(18)28-17-26(32)31-23(25-9-6-14-35-25)16-22(29-31)24-8-5-13-34-24/h5-6,8-11,13-15,19,23,28H,3-4,7,12,16-17H2,1-2H3. The molecule has 8 nitrogen and oxygen atoms in total. The summed E-state index contributed by atoms with van der Waals surface area (Å²) in [5.74, 6) is 1.20. The molecule has 1 aromatic carbocycles. The van der Waals surface area contributed by atoms with E-state index in [9.17, 15) is 9.59 Å². The predicted octanol–water partition coefficient (Wildman–Crippen LogP) is 4.99. The van der Waals surface area contributed by atoms with Crippen molar-refractivity contribution >= 4 is 23.2 Å². The first kappa shape index (κ1) is 23.0. The van der Waals surface area contributed by atoms with Crippen LogP contribution < -0.4 is 5.32 Å². The van der Waals surface area contributed by atoms with Crippen LogP contribution in [0.25, 0.3) is 0 Å². The number of amides is 2. The van der Waals surface area contributed by atoms with Crippen LogP contribution in [0.4, 0.5) is 5.69 Å². The van der Waals surface area contributed by atoms with Crippen LogP contribution in [-0.2, 0) is 4.79 Å². The molecule has 3 aromatic rings. The van der Waals surface area contributed by atoms with Crippen LogP contribution >= 0.6 is 0 Å². The Morgan fingerprint density at radius 3 is 2.66 bits per heavy atom. The molecule has 1 N–H and O–H groups in total. The Bertz CT molecular complexity index is 1220. The van der Waals surface area contributed by atoms with E-state index in [4.69, 9.17) is 8.83 Å². The molecule has 0 radical (unpaired) electrons. The maximum atomic E-state index is 13.2. The molecule has 2 aliphatic heterocycles. The van der Waals surface area contributed by atoms with Crippen molar-refractivity contribution < 1.29 is 18.4 Å². The Hall–Kier alpha value is -3.81. The third-order valence-corrected chi connectivity index (χ3v) is 6.81. The Morgan fingerprint density at radius 1 is 1.11 bits per heavy atom. The van der Waals surface area contributed by atoms with E-state index in [1.54, 1.807) is 24.7 Å². The van der Waals surface area contributed by atoms with E-state index >= 15 is 0 Å². The number of hydrogen-bond donors (Lipinski definition) is 1. The summed E-state index contributed by atoms with van der Waals surface area (Å²) in [6.07, 6.45) is 6.97. The lowest BCUT2D eigenvalue weighted by Gasteiger charge is -2.33. The van der Waals surface area contributed by atoms with Gasteiger partial charge in [-0.25, -0.2) is 5.01 Å². The monoisotopic (exact) mass is 474 g/mol. The van der Waals surface area contributed by atoms with E-state index in [0.29, 0.717) is 29.2 Å².